The van der Waals surface area contributed by atoms with E-state index in [1.165, 1.54) is 0 Å². The van der Waals surface area contributed by atoms with Gasteiger partial charge in [-0.15, -0.1) is 0 Å². The van der Waals surface area contributed by atoms with Gasteiger partial charge in [-0.05, 0) is 111 Å². The molecular weight excluding hydrogens is 576 g/mol. The van der Waals surface area contributed by atoms with Gasteiger partial charge in [-0.1, -0.05) is 46.8 Å². The highest BCUT2D eigenvalue weighted by Crippen LogP contribution is 2.77. The van der Waals surface area contributed by atoms with Gasteiger partial charge in [0.25, 0.3) is 0 Å². The third-order valence-electron chi connectivity index (χ3n) is 15.6. The molecule has 6 N–H and O–H groups in total. The third kappa shape index (κ3) is 4.39. The van der Waals surface area contributed by atoms with Gasteiger partial charge >= 0.3 is 5.97 Å². The summed E-state index contributed by atoms with van der Waals surface area (Å²) in [7, 11) is 0. The average Bonchev–Trinajstić information content (AvgIpc) is 3.39. The van der Waals surface area contributed by atoms with Crippen molar-refractivity contribution in [2.24, 2.45) is 56.7 Å². The van der Waals surface area contributed by atoms with Crippen LogP contribution in [0.3, 0.4) is 0 Å². The topological polar surface area (TPSA) is 157 Å². The minimum Gasteiger partial charge on any atom is -0.432 e. The lowest BCUT2D eigenvalue weighted by molar-refractivity contribution is -0.302. The highest BCUT2D eigenvalue weighted by molar-refractivity contribution is 5.78. The second kappa shape index (κ2) is 11.0. The van der Waals surface area contributed by atoms with Gasteiger partial charge < -0.3 is 40.1 Å². The van der Waals surface area contributed by atoms with Crippen LogP contribution in [0.2, 0.25) is 0 Å². The number of fused-ring (bicyclic) bond motifs is 7. The van der Waals surface area contributed by atoms with Gasteiger partial charge in [0.1, 0.15) is 24.4 Å². The van der Waals surface area contributed by atoms with E-state index in [2.05, 4.69) is 41.2 Å². The van der Waals surface area contributed by atoms with Crippen molar-refractivity contribution in [1.82, 2.24) is 0 Å². The molecule has 45 heavy (non-hydrogen) atoms. The quantitative estimate of drug-likeness (QED) is 0.202. The van der Waals surface area contributed by atoms with E-state index in [4.69, 9.17) is 9.47 Å². The number of rotatable bonds is 4. The second-order valence-electron chi connectivity index (χ2n) is 17.4. The molecule has 1 saturated heterocycles. The third-order valence-corrected chi connectivity index (χ3v) is 15.6. The molecule has 6 rings (SSSR count). The van der Waals surface area contributed by atoms with E-state index in [9.17, 15) is 35.4 Å². The molecule has 0 amide bonds. The van der Waals surface area contributed by atoms with Crippen LogP contribution >= 0.6 is 0 Å². The lowest BCUT2D eigenvalue weighted by atomic mass is 9.31. The number of ether oxygens (including phenoxy) is 2. The van der Waals surface area contributed by atoms with Crippen molar-refractivity contribution in [2.45, 2.75) is 142 Å². The molecule has 9 heteroatoms. The fraction of sp³-hybridized carbons (Fsp3) is 0.917. The number of allylic oxidation sites excluding steroid dienone is 1. The Labute approximate surface area is 268 Å². The molecule has 0 radical (unpaired) electrons. The Kier molecular flexibility index (Phi) is 8.25. The molecule has 0 unspecified atom stereocenters. The Hall–Kier alpha value is -1.07. The molecule has 1 heterocycles. The van der Waals surface area contributed by atoms with Crippen LogP contribution in [0.5, 0.6) is 0 Å². The standard InChI is InChI=1S/C36H58O9/c1-18(2)19-10-13-36(31(43)45-30-29(42)28(41)27(40)21(17-37)44-30)15-14-34(6)20(26(19)36)8-9-22-33(5)12-11-24(38)32(3,4)23(33)16-25(39)35(22,34)7/h19-30,37-42H,1,8-17H2,2-7H3/t19-,20+,21+,22+,23-,24-,25-,26+,27+,28-,29+,30-,33+,34+,35-,36-/m0/s1. The van der Waals surface area contributed by atoms with E-state index in [0.29, 0.717) is 19.3 Å². The summed E-state index contributed by atoms with van der Waals surface area (Å²) in [4.78, 5) is 14.4. The minimum atomic E-state index is -1.65. The van der Waals surface area contributed by atoms with Crippen molar-refractivity contribution in [2.75, 3.05) is 6.61 Å². The molecule has 256 valence electrons. The number of carbonyl (C=O) groups excluding carboxylic acids is 1. The van der Waals surface area contributed by atoms with Crippen LogP contribution in [0.1, 0.15) is 99.3 Å². The molecule has 5 aliphatic carbocycles. The zero-order valence-electron chi connectivity index (χ0n) is 28.1. The highest BCUT2D eigenvalue weighted by atomic mass is 16.7. The van der Waals surface area contributed by atoms with Crippen LogP contribution in [-0.4, -0.2) is 86.1 Å². The molecule has 0 aromatic heterocycles. The van der Waals surface area contributed by atoms with Crippen molar-refractivity contribution in [3.63, 3.8) is 0 Å². The SMILES string of the molecule is C=C(C)[C@@H]1CC[C@]2(C(=O)O[C@@H]3O[C@H](CO)[C@@H](O)[C@H](O)[C@H]3O)CC[C@]3(C)[C@H](CC[C@@H]4[C@@]5(C)CC[C@H](O)C(C)(C)[C@@H]5C[C@H](O)[C@]43C)[C@@H]12. The smallest absolute Gasteiger partial charge is 0.314 e. The molecule has 5 saturated carbocycles. The summed E-state index contributed by atoms with van der Waals surface area (Å²) in [6.45, 7) is 17.3. The zero-order valence-corrected chi connectivity index (χ0v) is 28.1. The zero-order chi connectivity index (χ0) is 33.1. The fourth-order valence-corrected chi connectivity index (χ4v) is 12.8. The van der Waals surface area contributed by atoms with Gasteiger partial charge in [0, 0.05) is 5.41 Å². The maximum atomic E-state index is 14.4. The molecule has 0 bridgehead atoms. The Morgan fingerprint density at radius 3 is 2.18 bits per heavy atom. The Balaban J connectivity index is 1.35. The van der Waals surface area contributed by atoms with Crippen LogP contribution in [-0.2, 0) is 14.3 Å². The highest BCUT2D eigenvalue weighted by Gasteiger charge is 2.74. The van der Waals surface area contributed by atoms with Gasteiger partial charge in [-0.2, -0.15) is 0 Å². The Morgan fingerprint density at radius 1 is 0.844 bits per heavy atom. The minimum absolute atomic E-state index is 0.00923. The molecule has 16 atom stereocenters. The number of hydrogen-bond acceptors (Lipinski definition) is 9. The van der Waals surface area contributed by atoms with Gasteiger partial charge in [0.2, 0.25) is 6.29 Å². The molecule has 6 fully saturated rings. The number of aliphatic hydroxyl groups excluding tert-OH is 6. The molecule has 0 aromatic carbocycles. The van der Waals surface area contributed by atoms with E-state index in [-0.39, 0.29) is 57.4 Å². The van der Waals surface area contributed by atoms with E-state index < -0.39 is 54.8 Å². The van der Waals surface area contributed by atoms with Crippen LogP contribution in [0.25, 0.3) is 0 Å². The first-order chi connectivity index (χ1) is 20.9. The van der Waals surface area contributed by atoms with Crippen molar-refractivity contribution < 1.29 is 44.9 Å². The summed E-state index contributed by atoms with van der Waals surface area (Å²) in [6.07, 6.45) is -1.37. The second-order valence-corrected chi connectivity index (χ2v) is 17.4. The summed E-state index contributed by atoms with van der Waals surface area (Å²) in [6, 6.07) is 0. The van der Waals surface area contributed by atoms with Crippen LogP contribution in [0.4, 0.5) is 0 Å². The van der Waals surface area contributed by atoms with Crippen molar-refractivity contribution in [1.29, 1.82) is 0 Å². The van der Waals surface area contributed by atoms with E-state index in [0.717, 1.165) is 44.1 Å². The number of esters is 1. The van der Waals surface area contributed by atoms with E-state index in [1.807, 2.05) is 6.92 Å². The first kappa shape index (κ1) is 33.8. The number of hydrogen-bond donors (Lipinski definition) is 6. The fourth-order valence-electron chi connectivity index (χ4n) is 12.8. The number of aliphatic hydroxyl groups is 6. The molecule has 1 aliphatic heterocycles. The average molecular weight is 635 g/mol. The number of carbonyl (C=O) groups is 1. The van der Waals surface area contributed by atoms with Crippen molar-refractivity contribution in [3.8, 4) is 0 Å². The van der Waals surface area contributed by atoms with Crippen LogP contribution in [0.15, 0.2) is 12.2 Å². The van der Waals surface area contributed by atoms with Crippen molar-refractivity contribution >= 4 is 5.97 Å². The first-order valence-corrected chi connectivity index (χ1v) is 17.4. The van der Waals surface area contributed by atoms with Crippen LogP contribution < -0.4 is 0 Å². The molecular formula is C36H58O9. The Morgan fingerprint density at radius 2 is 1.53 bits per heavy atom. The maximum absolute atomic E-state index is 14.4. The summed E-state index contributed by atoms with van der Waals surface area (Å²) in [5.41, 5.74) is -0.713. The summed E-state index contributed by atoms with van der Waals surface area (Å²) in [5, 5.41) is 64.3. The largest absolute Gasteiger partial charge is 0.432 e. The monoisotopic (exact) mass is 634 g/mol. The van der Waals surface area contributed by atoms with Crippen LogP contribution in [0, 0.1) is 56.7 Å². The van der Waals surface area contributed by atoms with Gasteiger partial charge in [0.15, 0.2) is 0 Å². The normalized spacial score (nSPS) is 55.5. The maximum Gasteiger partial charge on any atom is 0.314 e. The molecule has 0 spiro atoms. The lowest BCUT2D eigenvalue weighted by Gasteiger charge is -2.73. The Bertz CT molecular complexity index is 1190. The molecule has 0 aromatic rings. The van der Waals surface area contributed by atoms with Gasteiger partial charge in [0.05, 0.1) is 24.2 Å². The first-order valence-electron chi connectivity index (χ1n) is 17.4. The van der Waals surface area contributed by atoms with E-state index >= 15 is 0 Å². The summed E-state index contributed by atoms with van der Waals surface area (Å²) in [5.74, 6) is 0.208. The van der Waals surface area contributed by atoms with Crippen molar-refractivity contribution in [3.05, 3.63) is 12.2 Å². The predicted octanol–water partition coefficient (Wildman–Crippen LogP) is 3.32. The molecule has 9 nitrogen and oxygen atoms in total. The van der Waals surface area contributed by atoms with Gasteiger partial charge in [-0.25, -0.2) is 0 Å². The summed E-state index contributed by atoms with van der Waals surface area (Å²) >= 11 is 0. The predicted molar refractivity (Wildman–Crippen MR) is 166 cm³/mol. The van der Waals surface area contributed by atoms with Gasteiger partial charge in [-0.3, -0.25) is 4.79 Å². The summed E-state index contributed by atoms with van der Waals surface area (Å²) < 4.78 is 11.5. The lowest BCUT2D eigenvalue weighted by Crippen LogP contribution is -2.71. The van der Waals surface area contributed by atoms with E-state index in [1.54, 1.807) is 0 Å². The molecule has 6 aliphatic rings.